The number of carbonyl (C=O) groups is 1. The van der Waals surface area contributed by atoms with Crippen LogP contribution in [0.2, 0.25) is 5.15 Å². The van der Waals surface area contributed by atoms with Crippen molar-refractivity contribution >= 4 is 34.0 Å². The second-order valence-corrected chi connectivity index (χ2v) is 4.57. The number of pyridine rings is 2. The molecular weight excluding hydrogens is 274 g/mol. The van der Waals surface area contributed by atoms with E-state index >= 15 is 0 Å². The van der Waals surface area contributed by atoms with Crippen LogP contribution in [-0.2, 0) is 0 Å². The molecule has 0 saturated heterocycles. The van der Waals surface area contributed by atoms with Gasteiger partial charge in [0.2, 0.25) is 0 Å². The Bertz CT molecular complexity index is 774. The molecule has 1 N–H and O–H groups in total. The normalized spacial score (nSPS) is 10.4. The Morgan fingerprint density at radius 1 is 1.15 bits per heavy atom. The molecule has 4 nitrogen and oxygen atoms in total. The van der Waals surface area contributed by atoms with Gasteiger partial charge in [-0.3, -0.25) is 9.78 Å². The van der Waals surface area contributed by atoms with Crippen molar-refractivity contribution in [3.05, 3.63) is 65.7 Å². The number of amides is 1. The summed E-state index contributed by atoms with van der Waals surface area (Å²) in [5, 5.41) is 4.75. The lowest BCUT2D eigenvalue weighted by atomic mass is 10.1. The highest BCUT2D eigenvalue weighted by atomic mass is 35.5. The first-order chi connectivity index (χ1) is 9.74. The van der Waals surface area contributed by atoms with Gasteiger partial charge in [0.1, 0.15) is 10.8 Å². The first-order valence-corrected chi connectivity index (χ1v) is 6.38. The first kappa shape index (κ1) is 12.6. The van der Waals surface area contributed by atoms with E-state index < -0.39 is 0 Å². The molecule has 0 bridgehead atoms. The third kappa shape index (κ3) is 2.46. The van der Waals surface area contributed by atoms with Crippen LogP contribution in [0, 0.1) is 0 Å². The molecule has 5 heteroatoms. The van der Waals surface area contributed by atoms with E-state index in [1.54, 1.807) is 30.6 Å². The lowest BCUT2D eigenvalue weighted by Crippen LogP contribution is -2.13. The maximum atomic E-state index is 12.1. The molecule has 0 fully saturated rings. The Morgan fingerprint density at radius 2 is 2.00 bits per heavy atom. The van der Waals surface area contributed by atoms with Gasteiger partial charge in [-0.25, -0.2) is 4.98 Å². The number of aromatic nitrogens is 2. The molecule has 0 aliphatic carbocycles. The smallest absolute Gasteiger partial charge is 0.274 e. The lowest BCUT2D eigenvalue weighted by Gasteiger charge is -2.06. The molecule has 0 aliphatic heterocycles. The van der Waals surface area contributed by atoms with Crippen LogP contribution >= 0.6 is 11.6 Å². The minimum absolute atomic E-state index is 0.276. The number of nitrogens with zero attached hydrogens (tertiary/aromatic N) is 2. The van der Waals surface area contributed by atoms with Gasteiger partial charge in [0.15, 0.2) is 0 Å². The van der Waals surface area contributed by atoms with E-state index in [9.17, 15) is 4.79 Å². The third-order valence-corrected chi connectivity index (χ3v) is 3.13. The van der Waals surface area contributed by atoms with Crippen LogP contribution in [0.1, 0.15) is 10.5 Å². The van der Waals surface area contributed by atoms with Gasteiger partial charge in [-0.1, -0.05) is 35.9 Å². The third-order valence-electron chi connectivity index (χ3n) is 2.85. The highest BCUT2D eigenvalue weighted by molar-refractivity contribution is 6.34. The molecule has 1 amide bonds. The van der Waals surface area contributed by atoms with E-state index in [4.69, 9.17) is 11.6 Å². The summed E-state index contributed by atoms with van der Waals surface area (Å²) in [6.45, 7) is 0. The molecule has 0 saturated carbocycles. The summed E-state index contributed by atoms with van der Waals surface area (Å²) in [5.74, 6) is -0.314. The van der Waals surface area contributed by atoms with Crippen LogP contribution in [0.5, 0.6) is 0 Å². The fourth-order valence-electron chi connectivity index (χ4n) is 1.90. The number of fused-ring (bicyclic) bond motifs is 1. The van der Waals surface area contributed by atoms with Crippen molar-refractivity contribution < 1.29 is 4.79 Å². The largest absolute Gasteiger partial charge is 0.319 e. The zero-order valence-corrected chi connectivity index (χ0v) is 11.1. The number of hydrogen-bond acceptors (Lipinski definition) is 3. The van der Waals surface area contributed by atoms with Crippen molar-refractivity contribution in [1.82, 2.24) is 9.97 Å². The Kier molecular flexibility index (Phi) is 3.31. The number of nitrogens with one attached hydrogen (secondary N) is 1. The molecule has 0 unspecified atom stereocenters. The number of rotatable bonds is 2. The molecule has 0 aliphatic rings. The van der Waals surface area contributed by atoms with Gasteiger partial charge in [0, 0.05) is 11.6 Å². The van der Waals surface area contributed by atoms with E-state index in [0.717, 1.165) is 10.8 Å². The zero-order valence-electron chi connectivity index (χ0n) is 10.4. The maximum absolute atomic E-state index is 12.1. The van der Waals surface area contributed by atoms with Crippen LogP contribution in [-0.4, -0.2) is 15.9 Å². The van der Waals surface area contributed by atoms with Crippen LogP contribution in [0.4, 0.5) is 5.69 Å². The average molecular weight is 284 g/mol. The van der Waals surface area contributed by atoms with Crippen LogP contribution in [0.25, 0.3) is 10.8 Å². The standard InChI is InChI=1S/C15H10ClN3O/c16-14-12-6-2-1-4-10(12)8-13(19-14)15(20)18-11-5-3-7-17-9-11/h1-9H,(H,18,20). The van der Waals surface area contributed by atoms with E-state index in [1.165, 1.54) is 0 Å². The van der Waals surface area contributed by atoms with E-state index in [2.05, 4.69) is 15.3 Å². The molecule has 20 heavy (non-hydrogen) atoms. The van der Waals surface area contributed by atoms with Crippen LogP contribution in [0.15, 0.2) is 54.9 Å². The highest BCUT2D eigenvalue weighted by Gasteiger charge is 2.11. The predicted molar refractivity (Wildman–Crippen MR) is 78.9 cm³/mol. The molecule has 98 valence electrons. The van der Waals surface area contributed by atoms with Crippen molar-refractivity contribution in [1.29, 1.82) is 0 Å². The number of halogens is 1. The quantitative estimate of drug-likeness (QED) is 0.732. The second-order valence-electron chi connectivity index (χ2n) is 4.22. The van der Waals surface area contributed by atoms with Crippen LogP contribution < -0.4 is 5.32 Å². The summed E-state index contributed by atoms with van der Waals surface area (Å²) in [6.07, 6.45) is 3.21. The molecule has 1 aromatic carbocycles. The van der Waals surface area contributed by atoms with Gasteiger partial charge in [-0.15, -0.1) is 0 Å². The average Bonchev–Trinajstić information content (AvgIpc) is 2.48. The fourth-order valence-corrected chi connectivity index (χ4v) is 2.17. The van der Waals surface area contributed by atoms with Crippen molar-refractivity contribution in [2.45, 2.75) is 0 Å². The van der Waals surface area contributed by atoms with Gasteiger partial charge < -0.3 is 5.32 Å². The minimum Gasteiger partial charge on any atom is -0.319 e. The number of anilines is 1. The monoisotopic (exact) mass is 283 g/mol. The molecule has 0 spiro atoms. The maximum Gasteiger partial charge on any atom is 0.274 e. The Hall–Kier alpha value is -2.46. The number of benzene rings is 1. The summed E-state index contributed by atoms with van der Waals surface area (Å²) in [7, 11) is 0. The predicted octanol–water partition coefficient (Wildman–Crippen LogP) is 3.54. The fraction of sp³-hybridized carbons (Fsp3) is 0. The number of hydrogen-bond donors (Lipinski definition) is 1. The van der Waals surface area contributed by atoms with E-state index in [-0.39, 0.29) is 11.6 Å². The van der Waals surface area contributed by atoms with Gasteiger partial charge in [-0.2, -0.15) is 0 Å². The summed E-state index contributed by atoms with van der Waals surface area (Å²) >= 11 is 6.11. The summed E-state index contributed by atoms with van der Waals surface area (Å²) in [5.41, 5.74) is 0.890. The Labute approximate surface area is 120 Å². The zero-order chi connectivity index (χ0) is 13.9. The van der Waals surface area contributed by atoms with Gasteiger partial charge in [0.25, 0.3) is 5.91 Å². The SMILES string of the molecule is O=C(Nc1cccnc1)c1cc2ccccc2c(Cl)n1. The summed E-state index contributed by atoms with van der Waals surface area (Å²) < 4.78 is 0. The first-order valence-electron chi connectivity index (χ1n) is 6.01. The molecule has 3 aromatic rings. The Morgan fingerprint density at radius 3 is 2.80 bits per heavy atom. The topological polar surface area (TPSA) is 54.9 Å². The van der Waals surface area contributed by atoms with E-state index in [0.29, 0.717) is 10.8 Å². The Balaban J connectivity index is 1.96. The summed E-state index contributed by atoms with van der Waals surface area (Å²) in [4.78, 5) is 20.2. The number of carbonyl (C=O) groups excluding carboxylic acids is 1. The van der Waals surface area contributed by atoms with Crippen molar-refractivity contribution in [3.63, 3.8) is 0 Å². The lowest BCUT2D eigenvalue weighted by molar-refractivity contribution is 0.102. The molecule has 0 atom stereocenters. The second kappa shape index (κ2) is 5.27. The van der Waals surface area contributed by atoms with Gasteiger partial charge >= 0.3 is 0 Å². The molecular formula is C15H10ClN3O. The molecule has 3 rings (SSSR count). The van der Waals surface area contributed by atoms with Gasteiger partial charge in [-0.05, 0) is 23.6 Å². The highest BCUT2D eigenvalue weighted by Crippen LogP contribution is 2.22. The summed E-state index contributed by atoms with van der Waals surface area (Å²) in [6, 6.07) is 12.8. The van der Waals surface area contributed by atoms with E-state index in [1.807, 2.05) is 24.3 Å². The van der Waals surface area contributed by atoms with Crippen LogP contribution in [0.3, 0.4) is 0 Å². The van der Waals surface area contributed by atoms with Gasteiger partial charge in [0.05, 0.1) is 11.9 Å². The van der Waals surface area contributed by atoms with Crippen molar-refractivity contribution in [3.8, 4) is 0 Å². The molecule has 2 heterocycles. The minimum atomic E-state index is -0.314. The molecule has 2 aromatic heterocycles. The van der Waals surface area contributed by atoms with Crippen molar-refractivity contribution in [2.75, 3.05) is 5.32 Å². The molecule has 0 radical (unpaired) electrons. The van der Waals surface area contributed by atoms with Crippen molar-refractivity contribution in [2.24, 2.45) is 0 Å².